The molecule has 16 heavy (non-hydrogen) atoms. The average molecular weight is 230 g/mol. The molecule has 0 aromatic carbocycles. The molecule has 0 bridgehead atoms. The predicted molar refractivity (Wildman–Crippen MR) is 60.2 cm³/mol. The smallest absolute Gasteiger partial charge is 0.305 e. The molecule has 0 aromatic rings. The Bertz CT molecular complexity index is 206. The number of carbonyl (C=O) groups excluding carboxylic acids is 1. The van der Waals surface area contributed by atoms with Crippen LogP contribution in [0.15, 0.2) is 0 Å². The second-order valence-electron chi connectivity index (χ2n) is 4.46. The maximum atomic E-state index is 11.4. The molecule has 1 aliphatic heterocycles. The fourth-order valence-electron chi connectivity index (χ4n) is 1.60. The van der Waals surface area contributed by atoms with Gasteiger partial charge in [0.1, 0.15) is 6.61 Å². The van der Waals surface area contributed by atoms with Crippen LogP contribution in [0, 0.1) is 5.41 Å². The second-order valence-corrected chi connectivity index (χ2v) is 4.46. The first-order valence-corrected chi connectivity index (χ1v) is 5.95. The summed E-state index contributed by atoms with van der Waals surface area (Å²) < 4.78 is 15.3. The summed E-state index contributed by atoms with van der Waals surface area (Å²) in [4.78, 5) is 11.4. The highest BCUT2D eigenvalue weighted by molar-refractivity contribution is 5.69. The van der Waals surface area contributed by atoms with Crippen LogP contribution in [0.5, 0.6) is 0 Å². The molecule has 1 rings (SSSR count). The van der Waals surface area contributed by atoms with Gasteiger partial charge in [0, 0.05) is 20.1 Å². The topological polar surface area (TPSA) is 44.8 Å². The van der Waals surface area contributed by atoms with E-state index < -0.39 is 0 Å². The highest BCUT2D eigenvalue weighted by Gasteiger charge is 2.38. The molecule has 0 atom stereocenters. The Hall–Kier alpha value is -0.610. The van der Waals surface area contributed by atoms with Gasteiger partial charge in [-0.3, -0.25) is 4.79 Å². The summed E-state index contributed by atoms with van der Waals surface area (Å²) in [6.07, 6.45) is 3.24. The molecule has 4 heteroatoms. The molecule has 1 saturated heterocycles. The van der Waals surface area contributed by atoms with Crippen LogP contribution in [0.3, 0.4) is 0 Å². The monoisotopic (exact) mass is 230 g/mol. The summed E-state index contributed by atoms with van der Waals surface area (Å²) in [5, 5.41) is 0. The van der Waals surface area contributed by atoms with Gasteiger partial charge in [0.05, 0.1) is 18.6 Å². The third kappa shape index (κ3) is 4.10. The first-order valence-electron chi connectivity index (χ1n) is 5.95. The Morgan fingerprint density at radius 1 is 1.38 bits per heavy atom. The maximum Gasteiger partial charge on any atom is 0.305 e. The highest BCUT2D eigenvalue weighted by Crippen LogP contribution is 2.31. The third-order valence-corrected chi connectivity index (χ3v) is 3.09. The van der Waals surface area contributed by atoms with Gasteiger partial charge in [0.15, 0.2) is 0 Å². The average Bonchev–Trinajstić information content (AvgIpc) is 2.24. The largest absolute Gasteiger partial charge is 0.465 e. The zero-order chi connectivity index (χ0) is 11.9. The van der Waals surface area contributed by atoms with Gasteiger partial charge in [-0.05, 0) is 19.3 Å². The van der Waals surface area contributed by atoms with Gasteiger partial charge in [-0.1, -0.05) is 6.92 Å². The summed E-state index contributed by atoms with van der Waals surface area (Å²) in [7, 11) is 1.67. The third-order valence-electron chi connectivity index (χ3n) is 3.09. The molecule has 4 nitrogen and oxygen atoms in total. The van der Waals surface area contributed by atoms with Crippen molar-refractivity contribution in [2.45, 2.75) is 32.6 Å². The first-order chi connectivity index (χ1) is 7.72. The number of methoxy groups -OCH3 is 1. The van der Waals surface area contributed by atoms with Gasteiger partial charge in [-0.25, -0.2) is 0 Å². The minimum atomic E-state index is -0.101. The zero-order valence-corrected chi connectivity index (χ0v) is 10.3. The molecule has 1 heterocycles. The number of rotatable bonds is 8. The van der Waals surface area contributed by atoms with Crippen LogP contribution in [-0.4, -0.2) is 39.5 Å². The lowest BCUT2D eigenvalue weighted by atomic mass is 9.84. The van der Waals surface area contributed by atoms with Crippen LogP contribution in [0.2, 0.25) is 0 Å². The lowest BCUT2D eigenvalue weighted by molar-refractivity contribution is -0.170. The number of esters is 1. The van der Waals surface area contributed by atoms with E-state index in [4.69, 9.17) is 14.2 Å². The molecular weight excluding hydrogens is 208 g/mol. The van der Waals surface area contributed by atoms with E-state index in [2.05, 4.69) is 6.92 Å². The van der Waals surface area contributed by atoms with Gasteiger partial charge in [0.25, 0.3) is 0 Å². The molecule has 1 fully saturated rings. The van der Waals surface area contributed by atoms with E-state index in [1.165, 1.54) is 0 Å². The van der Waals surface area contributed by atoms with E-state index in [-0.39, 0.29) is 11.4 Å². The van der Waals surface area contributed by atoms with Gasteiger partial charge in [-0.15, -0.1) is 0 Å². The van der Waals surface area contributed by atoms with Gasteiger partial charge >= 0.3 is 5.97 Å². The van der Waals surface area contributed by atoms with E-state index in [0.717, 1.165) is 32.5 Å². The van der Waals surface area contributed by atoms with Crippen molar-refractivity contribution in [3.8, 4) is 0 Å². The van der Waals surface area contributed by atoms with Crippen molar-refractivity contribution in [2.24, 2.45) is 5.41 Å². The van der Waals surface area contributed by atoms with Crippen molar-refractivity contribution in [3.63, 3.8) is 0 Å². The van der Waals surface area contributed by atoms with Crippen molar-refractivity contribution < 1.29 is 19.0 Å². The quantitative estimate of drug-likeness (QED) is 0.471. The van der Waals surface area contributed by atoms with Gasteiger partial charge in [-0.2, -0.15) is 0 Å². The van der Waals surface area contributed by atoms with E-state index >= 15 is 0 Å². The van der Waals surface area contributed by atoms with Crippen LogP contribution >= 0.6 is 0 Å². The van der Waals surface area contributed by atoms with Crippen LogP contribution in [-0.2, 0) is 19.0 Å². The summed E-state index contributed by atoms with van der Waals surface area (Å²) in [5.74, 6) is -0.101. The lowest BCUT2D eigenvalue weighted by Gasteiger charge is -2.39. The predicted octanol–water partition coefficient (Wildman–Crippen LogP) is 1.77. The van der Waals surface area contributed by atoms with E-state index in [1.807, 2.05) is 0 Å². The molecular formula is C12H22O4. The van der Waals surface area contributed by atoms with Crippen molar-refractivity contribution in [1.29, 1.82) is 0 Å². The molecule has 0 radical (unpaired) electrons. The van der Waals surface area contributed by atoms with Gasteiger partial charge in [0.2, 0.25) is 0 Å². The van der Waals surface area contributed by atoms with Crippen LogP contribution in [0.4, 0.5) is 0 Å². The maximum absolute atomic E-state index is 11.4. The normalized spacial score (nSPS) is 17.9. The highest BCUT2D eigenvalue weighted by atomic mass is 16.5. The molecule has 0 unspecified atom stereocenters. The van der Waals surface area contributed by atoms with Crippen molar-refractivity contribution in [3.05, 3.63) is 0 Å². The molecule has 0 saturated carbocycles. The van der Waals surface area contributed by atoms with Gasteiger partial charge < -0.3 is 14.2 Å². The Kier molecular flexibility index (Phi) is 5.77. The van der Waals surface area contributed by atoms with Crippen LogP contribution in [0.25, 0.3) is 0 Å². The summed E-state index contributed by atoms with van der Waals surface area (Å²) in [6.45, 7) is 4.77. The summed E-state index contributed by atoms with van der Waals surface area (Å²) in [6, 6.07) is 0. The molecule has 0 aromatic heterocycles. The Balaban J connectivity index is 2.05. The van der Waals surface area contributed by atoms with E-state index in [1.54, 1.807) is 7.11 Å². The lowest BCUT2D eigenvalue weighted by Crippen LogP contribution is -2.46. The molecule has 94 valence electrons. The minimum absolute atomic E-state index is 0.0994. The zero-order valence-electron chi connectivity index (χ0n) is 10.3. The number of hydrogen-bond acceptors (Lipinski definition) is 4. The molecule has 0 amide bonds. The molecule has 1 aliphatic rings. The number of unbranched alkanes of at least 4 members (excludes halogenated alkanes) is 1. The Morgan fingerprint density at radius 3 is 2.62 bits per heavy atom. The molecule has 0 N–H and O–H groups in total. The van der Waals surface area contributed by atoms with Crippen LogP contribution < -0.4 is 0 Å². The standard InChI is InChI=1S/C12H22O4/c1-3-12(8-15-9-12)10-16-11(13)6-4-5-7-14-2/h3-10H2,1-2H3. The Labute approximate surface area is 97.2 Å². The fraction of sp³-hybridized carbons (Fsp3) is 0.917. The summed E-state index contributed by atoms with van der Waals surface area (Å²) >= 11 is 0. The Morgan fingerprint density at radius 2 is 2.12 bits per heavy atom. The number of ether oxygens (including phenoxy) is 3. The minimum Gasteiger partial charge on any atom is -0.465 e. The second kappa shape index (κ2) is 6.86. The van der Waals surface area contributed by atoms with E-state index in [0.29, 0.717) is 19.6 Å². The van der Waals surface area contributed by atoms with Crippen LogP contribution in [0.1, 0.15) is 32.6 Å². The van der Waals surface area contributed by atoms with Crippen molar-refractivity contribution in [1.82, 2.24) is 0 Å². The number of carbonyl (C=O) groups is 1. The fourth-order valence-corrected chi connectivity index (χ4v) is 1.60. The van der Waals surface area contributed by atoms with E-state index in [9.17, 15) is 4.79 Å². The van der Waals surface area contributed by atoms with Crippen molar-refractivity contribution >= 4 is 5.97 Å². The first kappa shape index (κ1) is 13.5. The van der Waals surface area contributed by atoms with Crippen molar-refractivity contribution in [2.75, 3.05) is 33.5 Å². The number of hydrogen-bond donors (Lipinski definition) is 0. The SMILES string of the molecule is CCC1(COC(=O)CCCCOC)COC1. The molecule has 0 spiro atoms. The molecule has 0 aliphatic carbocycles. The summed E-state index contributed by atoms with van der Waals surface area (Å²) in [5.41, 5.74) is 0.0994.